The van der Waals surface area contributed by atoms with Crippen LogP contribution in [0, 0.1) is 17.0 Å². The number of H-pyrrole nitrogens is 1. The van der Waals surface area contributed by atoms with Crippen molar-refractivity contribution in [2.75, 3.05) is 10.6 Å². The number of aromatic nitrogens is 4. The van der Waals surface area contributed by atoms with E-state index in [4.69, 9.17) is 0 Å². The first kappa shape index (κ1) is 26.0. The quantitative estimate of drug-likeness (QED) is 0.231. The standard InChI is InChI=1S/C24H31N9O4/c1-14-10-19(31-30-14)28-20-18(32(35)36)13-25-22(29-20)27-16-8-6-15(7-9-16)21(34)26-17-11-23(2,3)33(37)24(4,5)12-17/h6-10,13,17,37H,11-12H2,1-5H3,(H,26,34)(H3,25,27,28,29,30,31). The molecule has 1 aliphatic heterocycles. The molecule has 0 bridgehead atoms. The molecule has 1 aliphatic rings. The number of hydrogen-bond acceptors (Lipinski definition) is 10. The minimum Gasteiger partial charge on any atom is -0.349 e. The van der Waals surface area contributed by atoms with E-state index in [1.807, 2.05) is 34.6 Å². The summed E-state index contributed by atoms with van der Waals surface area (Å²) in [6.45, 7) is 9.60. The van der Waals surface area contributed by atoms with E-state index in [9.17, 15) is 20.1 Å². The predicted octanol–water partition coefficient (Wildman–Crippen LogP) is 4.04. The SMILES string of the molecule is Cc1cc(Nc2nc(Nc3ccc(C(=O)NC4CC(C)(C)N(O)C(C)(C)C4)cc3)ncc2[N+](=O)[O-])n[nH]1. The van der Waals surface area contributed by atoms with Crippen molar-refractivity contribution < 1.29 is 14.9 Å². The van der Waals surface area contributed by atoms with Gasteiger partial charge in [0.1, 0.15) is 6.20 Å². The summed E-state index contributed by atoms with van der Waals surface area (Å²) in [6, 6.07) is 8.36. The molecule has 37 heavy (non-hydrogen) atoms. The van der Waals surface area contributed by atoms with Crippen molar-refractivity contribution >= 4 is 34.9 Å². The Labute approximate surface area is 213 Å². The largest absolute Gasteiger partial charge is 0.349 e. The summed E-state index contributed by atoms with van der Waals surface area (Å²) in [6.07, 6.45) is 2.34. The van der Waals surface area contributed by atoms with Crippen LogP contribution in [0.5, 0.6) is 0 Å². The number of piperidine rings is 1. The van der Waals surface area contributed by atoms with Crippen LogP contribution in [0.15, 0.2) is 36.5 Å². The minimum absolute atomic E-state index is 0.00947. The highest BCUT2D eigenvalue weighted by atomic mass is 16.6. The molecule has 2 aromatic heterocycles. The van der Waals surface area contributed by atoms with Crippen LogP contribution in [-0.2, 0) is 0 Å². The first-order chi connectivity index (χ1) is 17.3. The second-order valence-corrected chi connectivity index (χ2v) is 10.5. The zero-order valence-electron chi connectivity index (χ0n) is 21.4. The number of benzene rings is 1. The Hall–Kier alpha value is -4.10. The molecular weight excluding hydrogens is 478 g/mol. The summed E-state index contributed by atoms with van der Waals surface area (Å²) in [4.78, 5) is 32.0. The van der Waals surface area contributed by atoms with Gasteiger partial charge in [-0.3, -0.25) is 20.0 Å². The molecule has 1 fully saturated rings. The van der Waals surface area contributed by atoms with Crippen molar-refractivity contribution in [1.29, 1.82) is 0 Å². The molecule has 1 aromatic carbocycles. The van der Waals surface area contributed by atoms with Gasteiger partial charge in [0.25, 0.3) is 5.91 Å². The van der Waals surface area contributed by atoms with E-state index in [1.54, 1.807) is 30.3 Å². The first-order valence-electron chi connectivity index (χ1n) is 11.8. The molecule has 3 heterocycles. The van der Waals surface area contributed by atoms with Crippen LogP contribution < -0.4 is 16.0 Å². The van der Waals surface area contributed by atoms with Gasteiger partial charge in [-0.05, 0) is 71.7 Å². The Morgan fingerprint density at radius 1 is 1.16 bits per heavy atom. The van der Waals surface area contributed by atoms with Crippen molar-refractivity contribution in [3.63, 3.8) is 0 Å². The molecule has 0 unspecified atom stereocenters. The van der Waals surface area contributed by atoms with E-state index in [0.29, 0.717) is 29.9 Å². The Balaban J connectivity index is 1.44. The summed E-state index contributed by atoms with van der Waals surface area (Å²) < 4.78 is 0. The van der Waals surface area contributed by atoms with E-state index in [-0.39, 0.29) is 29.4 Å². The number of aromatic amines is 1. The van der Waals surface area contributed by atoms with Crippen molar-refractivity contribution in [3.05, 3.63) is 57.9 Å². The van der Waals surface area contributed by atoms with Crippen molar-refractivity contribution in [1.82, 2.24) is 30.5 Å². The monoisotopic (exact) mass is 509 g/mol. The number of carbonyl (C=O) groups is 1. The second kappa shape index (κ2) is 9.75. The number of nitro groups is 1. The number of amides is 1. The lowest BCUT2D eigenvalue weighted by Gasteiger charge is -2.51. The molecule has 0 radical (unpaired) electrons. The van der Waals surface area contributed by atoms with Crippen molar-refractivity contribution in [2.45, 2.75) is 64.6 Å². The zero-order chi connectivity index (χ0) is 27.0. The number of aryl methyl sites for hydroxylation is 1. The van der Waals surface area contributed by atoms with Crippen LogP contribution in [0.3, 0.4) is 0 Å². The van der Waals surface area contributed by atoms with E-state index < -0.39 is 16.0 Å². The molecule has 0 atom stereocenters. The van der Waals surface area contributed by atoms with Gasteiger partial charge in [-0.2, -0.15) is 15.1 Å². The van der Waals surface area contributed by atoms with E-state index in [0.717, 1.165) is 11.9 Å². The topological polar surface area (TPSA) is 174 Å². The zero-order valence-corrected chi connectivity index (χ0v) is 21.4. The third kappa shape index (κ3) is 5.84. The van der Waals surface area contributed by atoms with Crippen molar-refractivity contribution in [2.24, 2.45) is 0 Å². The van der Waals surface area contributed by atoms with Gasteiger partial charge in [0.15, 0.2) is 5.82 Å². The normalized spacial score (nSPS) is 17.2. The fourth-order valence-electron chi connectivity index (χ4n) is 4.74. The highest BCUT2D eigenvalue weighted by molar-refractivity contribution is 5.94. The fourth-order valence-corrected chi connectivity index (χ4v) is 4.74. The van der Waals surface area contributed by atoms with Gasteiger partial charge in [0, 0.05) is 40.1 Å². The number of hydrogen-bond donors (Lipinski definition) is 5. The molecule has 13 nitrogen and oxygen atoms in total. The van der Waals surface area contributed by atoms with E-state index in [2.05, 4.69) is 36.1 Å². The molecule has 13 heteroatoms. The maximum absolute atomic E-state index is 12.9. The third-order valence-electron chi connectivity index (χ3n) is 6.30. The van der Waals surface area contributed by atoms with Crippen LogP contribution in [0.1, 0.15) is 56.6 Å². The molecule has 0 aliphatic carbocycles. The molecule has 0 spiro atoms. The third-order valence-corrected chi connectivity index (χ3v) is 6.30. The fraction of sp³-hybridized carbons (Fsp3) is 0.417. The average molecular weight is 510 g/mol. The Morgan fingerprint density at radius 3 is 2.38 bits per heavy atom. The lowest BCUT2D eigenvalue weighted by Crippen LogP contribution is -2.62. The van der Waals surface area contributed by atoms with Gasteiger partial charge in [0.05, 0.1) is 4.92 Å². The smallest absolute Gasteiger partial charge is 0.330 e. The Bertz CT molecular complexity index is 1290. The number of carbonyl (C=O) groups excluding carboxylic acids is 1. The number of rotatable bonds is 7. The van der Waals surface area contributed by atoms with E-state index >= 15 is 0 Å². The van der Waals surface area contributed by atoms with Crippen LogP contribution in [0.2, 0.25) is 0 Å². The molecule has 0 saturated carbocycles. The van der Waals surface area contributed by atoms with Crippen LogP contribution in [-0.4, -0.2) is 58.4 Å². The van der Waals surface area contributed by atoms with E-state index in [1.165, 1.54) is 5.06 Å². The number of hydroxylamine groups is 2. The van der Waals surface area contributed by atoms with Gasteiger partial charge in [-0.25, -0.2) is 4.98 Å². The molecule has 1 saturated heterocycles. The van der Waals surface area contributed by atoms with Gasteiger partial charge >= 0.3 is 5.69 Å². The summed E-state index contributed by atoms with van der Waals surface area (Å²) in [7, 11) is 0. The molecular formula is C24H31N9O4. The highest BCUT2D eigenvalue weighted by Crippen LogP contribution is 2.36. The molecule has 196 valence electrons. The number of nitrogens with one attached hydrogen (secondary N) is 4. The molecule has 4 rings (SSSR count). The first-order valence-corrected chi connectivity index (χ1v) is 11.8. The minimum atomic E-state index is -0.578. The predicted molar refractivity (Wildman–Crippen MR) is 137 cm³/mol. The van der Waals surface area contributed by atoms with Crippen LogP contribution in [0.25, 0.3) is 0 Å². The maximum Gasteiger partial charge on any atom is 0.330 e. The summed E-state index contributed by atoms with van der Waals surface area (Å²) in [5.41, 5.74) is 0.630. The van der Waals surface area contributed by atoms with Crippen LogP contribution in [0.4, 0.5) is 29.0 Å². The molecule has 3 aromatic rings. The van der Waals surface area contributed by atoms with Crippen LogP contribution >= 0.6 is 0 Å². The molecule has 5 N–H and O–H groups in total. The lowest BCUT2D eigenvalue weighted by molar-refractivity contribution is -0.384. The van der Waals surface area contributed by atoms with Crippen molar-refractivity contribution in [3.8, 4) is 0 Å². The van der Waals surface area contributed by atoms with Gasteiger partial charge in [-0.1, -0.05) is 0 Å². The summed E-state index contributed by atoms with van der Waals surface area (Å²) >= 11 is 0. The summed E-state index contributed by atoms with van der Waals surface area (Å²) in [5, 5.41) is 38.9. The summed E-state index contributed by atoms with van der Waals surface area (Å²) in [5.74, 6) is 0.307. The average Bonchev–Trinajstić information content (AvgIpc) is 3.22. The van der Waals surface area contributed by atoms with Gasteiger partial charge in [0.2, 0.25) is 11.8 Å². The van der Waals surface area contributed by atoms with Gasteiger partial charge < -0.3 is 21.2 Å². The highest BCUT2D eigenvalue weighted by Gasteiger charge is 2.45. The Kier molecular flexibility index (Phi) is 6.84. The lowest BCUT2D eigenvalue weighted by atomic mass is 9.79. The number of anilines is 4. The number of nitrogens with zero attached hydrogens (tertiary/aromatic N) is 5. The Morgan fingerprint density at radius 2 is 1.81 bits per heavy atom. The second-order valence-electron chi connectivity index (χ2n) is 10.5. The van der Waals surface area contributed by atoms with Gasteiger partial charge in [-0.15, -0.1) is 0 Å². The maximum atomic E-state index is 12.9. The molecule has 1 amide bonds.